The summed E-state index contributed by atoms with van der Waals surface area (Å²) in [5.41, 5.74) is 5.65. The maximum Gasteiger partial charge on any atom is -0.00588 e. The second kappa shape index (κ2) is 9.59. The van der Waals surface area contributed by atoms with Gasteiger partial charge in [0, 0.05) is 0 Å². The topological polar surface area (TPSA) is 0 Å². The number of allylic oxidation sites excluding steroid dienone is 2. The Labute approximate surface area is 139 Å². The van der Waals surface area contributed by atoms with Gasteiger partial charge in [-0.3, -0.25) is 0 Å². The summed E-state index contributed by atoms with van der Waals surface area (Å²) < 4.78 is 1.53. The molecule has 0 aromatic heterocycles. The van der Waals surface area contributed by atoms with Gasteiger partial charge in [-0.05, 0) is 76.5 Å². The molecule has 0 amide bonds. The average molecular weight is 384 g/mol. The van der Waals surface area contributed by atoms with E-state index in [1.54, 1.807) is 0 Å². The van der Waals surface area contributed by atoms with Crippen LogP contribution in [0.3, 0.4) is 0 Å². The van der Waals surface area contributed by atoms with Crippen molar-refractivity contribution in [3.8, 4) is 0 Å². The maximum atomic E-state index is 2.55. The number of rotatable bonds is 8. The molecule has 0 radical (unpaired) electrons. The summed E-state index contributed by atoms with van der Waals surface area (Å²) >= 11 is 2.55. The summed E-state index contributed by atoms with van der Waals surface area (Å²) in [7, 11) is 0. The van der Waals surface area contributed by atoms with Gasteiger partial charge in [0.15, 0.2) is 0 Å². The van der Waals surface area contributed by atoms with Crippen molar-refractivity contribution in [2.24, 2.45) is 0 Å². The fourth-order valence-electron chi connectivity index (χ4n) is 2.53. The van der Waals surface area contributed by atoms with Crippen molar-refractivity contribution in [3.63, 3.8) is 0 Å². The Balaban J connectivity index is 2.54. The van der Waals surface area contributed by atoms with E-state index in [1.165, 1.54) is 70.8 Å². The molecule has 1 aromatic rings. The van der Waals surface area contributed by atoms with Gasteiger partial charge in [0.1, 0.15) is 0 Å². The predicted octanol–water partition coefficient (Wildman–Crippen LogP) is 7.22. The zero-order valence-corrected chi connectivity index (χ0v) is 15.7. The van der Waals surface area contributed by atoms with E-state index in [9.17, 15) is 0 Å². The van der Waals surface area contributed by atoms with E-state index in [4.69, 9.17) is 0 Å². The second-order valence-electron chi connectivity index (χ2n) is 5.87. The first-order valence-corrected chi connectivity index (χ1v) is 9.07. The van der Waals surface area contributed by atoms with Gasteiger partial charge in [-0.25, -0.2) is 0 Å². The summed E-state index contributed by atoms with van der Waals surface area (Å²) in [5, 5.41) is 0. The highest BCUT2D eigenvalue weighted by Gasteiger charge is 2.05. The van der Waals surface area contributed by atoms with Gasteiger partial charge in [0.05, 0.1) is 0 Å². The molecule has 0 fully saturated rings. The minimum absolute atomic E-state index is 1.24. The lowest BCUT2D eigenvalue weighted by atomic mass is 9.98. The van der Waals surface area contributed by atoms with E-state index in [0.29, 0.717) is 0 Å². The Bertz CT molecular complexity index is 443. The molecule has 20 heavy (non-hydrogen) atoms. The predicted molar refractivity (Wildman–Crippen MR) is 101 cm³/mol. The third-order valence-electron chi connectivity index (χ3n) is 3.95. The monoisotopic (exact) mass is 384 g/mol. The van der Waals surface area contributed by atoms with Gasteiger partial charge < -0.3 is 0 Å². The van der Waals surface area contributed by atoms with E-state index >= 15 is 0 Å². The van der Waals surface area contributed by atoms with Crippen molar-refractivity contribution in [3.05, 3.63) is 38.5 Å². The minimum atomic E-state index is 1.24. The van der Waals surface area contributed by atoms with Crippen LogP contribution in [0.2, 0.25) is 0 Å². The normalized spacial score (nSPS) is 12.4. The van der Waals surface area contributed by atoms with E-state index in [0.717, 1.165) is 0 Å². The molecule has 0 aliphatic heterocycles. The minimum Gasteiger partial charge on any atom is -0.0654 e. The zero-order chi connectivity index (χ0) is 15.0. The maximum absolute atomic E-state index is 2.55. The molecule has 0 aliphatic rings. The molecular formula is C19H29I. The molecule has 0 unspecified atom stereocenters. The van der Waals surface area contributed by atoms with Crippen molar-refractivity contribution < 1.29 is 0 Å². The number of hydrogen-bond donors (Lipinski definition) is 0. The van der Waals surface area contributed by atoms with Crippen LogP contribution in [-0.4, -0.2) is 0 Å². The third kappa shape index (κ3) is 5.99. The molecule has 1 aromatic carbocycles. The average Bonchev–Trinajstić information content (AvgIpc) is 2.44. The Morgan fingerprint density at radius 3 is 2.35 bits per heavy atom. The van der Waals surface area contributed by atoms with Crippen LogP contribution < -0.4 is 0 Å². The first-order valence-electron chi connectivity index (χ1n) is 7.99. The Morgan fingerprint density at radius 2 is 1.65 bits per heavy atom. The van der Waals surface area contributed by atoms with Gasteiger partial charge >= 0.3 is 0 Å². The molecule has 0 heterocycles. The number of aryl methyl sites for hydroxylation is 2. The molecule has 112 valence electrons. The van der Waals surface area contributed by atoms with Crippen molar-refractivity contribution in [1.82, 2.24) is 0 Å². The highest BCUT2D eigenvalue weighted by molar-refractivity contribution is 14.1. The van der Waals surface area contributed by atoms with E-state index < -0.39 is 0 Å². The van der Waals surface area contributed by atoms with Crippen LogP contribution in [0.4, 0.5) is 0 Å². The number of halogens is 1. The largest absolute Gasteiger partial charge is 0.0654 e. The summed E-state index contributed by atoms with van der Waals surface area (Å²) in [6.07, 6.45) is 9.51. The lowest BCUT2D eigenvalue weighted by Gasteiger charge is -2.11. The summed E-state index contributed by atoms with van der Waals surface area (Å²) in [6, 6.07) is 6.76. The first kappa shape index (κ1) is 17.7. The van der Waals surface area contributed by atoms with Crippen molar-refractivity contribution in [1.29, 1.82) is 0 Å². The standard InChI is InChI=1S/C19H29I/c1-5-6-7-8-9-10-11-19(20)17(4)18-14-15(2)12-13-16(18)3/h12-14H,5-11H2,1-4H3/b19-17+. The number of hydrogen-bond acceptors (Lipinski definition) is 0. The summed E-state index contributed by atoms with van der Waals surface area (Å²) in [5.74, 6) is 0. The number of unbranched alkanes of at least 4 members (excludes halogenated alkanes) is 5. The van der Waals surface area contributed by atoms with Crippen LogP contribution in [0, 0.1) is 13.8 Å². The van der Waals surface area contributed by atoms with E-state index in [-0.39, 0.29) is 0 Å². The fraction of sp³-hybridized carbons (Fsp3) is 0.579. The quantitative estimate of drug-likeness (QED) is 0.328. The van der Waals surface area contributed by atoms with Crippen LogP contribution >= 0.6 is 22.6 Å². The van der Waals surface area contributed by atoms with Crippen LogP contribution in [-0.2, 0) is 0 Å². The van der Waals surface area contributed by atoms with Crippen molar-refractivity contribution in [2.45, 2.75) is 72.6 Å². The van der Waals surface area contributed by atoms with Crippen LogP contribution in [0.5, 0.6) is 0 Å². The lowest BCUT2D eigenvalue weighted by molar-refractivity contribution is 0.611. The van der Waals surface area contributed by atoms with Gasteiger partial charge in [-0.15, -0.1) is 0 Å². The molecule has 1 heteroatoms. The Hall–Kier alpha value is -0.310. The molecule has 0 N–H and O–H groups in total. The molecule has 1 rings (SSSR count). The fourth-order valence-corrected chi connectivity index (χ4v) is 3.21. The smallest absolute Gasteiger partial charge is 0.00588 e. The van der Waals surface area contributed by atoms with Crippen molar-refractivity contribution >= 4 is 28.2 Å². The molecule has 0 atom stereocenters. The molecule has 0 bridgehead atoms. The van der Waals surface area contributed by atoms with Gasteiger partial charge in [-0.1, -0.05) is 62.8 Å². The molecule has 0 nitrogen and oxygen atoms in total. The molecule has 0 saturated carbocycles. The summed E-state index contributed by atoms with van der Waals surface area (Å²) in [6.45, 7) is 8.95. The molecule has 0 spiro atoms. The van der Waals surface area contributed by atoms with Gasteiger partial charge in [0.25, 0.3) is 0 Å². The number of benzene rings is 1. The van der Waals surface area contributed by atoms with Gasteiger partial charge in [0.2, 0.25) is 0 Å². The lowest BCUT2D eigenvalue weighted by Crippen LogP contribution is -1.90. The Kier molecular flexibility index (Phi) is 8.51. The van der Waals surface area contributed by atoms with Gasteiger partial charge in [-0.2, -0.15) is 0 Å². The molecule has 0 saturated heterocycles. The van der Waals surface area contributed by atoms with Crippen LogP contribution in [0.1, 0.15) is 75.5 Å². The Morgan fingerprint density at radius 1 is 1.00 bits per heavy atom. The van der Waals surface area contributed by atoms with Crippen molar-refractivity contribution in [2.75, 3.05) is 0 Å². The highest BCUT2D eigenvalue weighted by atomic mass is 127. The molecular weight excluding hydrogens is 355 g/mol. The zero-order valence-electron chi connectivity index (χ0n) is 13.6. The summed E-state index contributed by atoms with van der Waals surface area (Å²) in [4.78, 5) is 0. The first-order chi connectivity index (χ1) is 9.56. The van der Waals surface area contributed by atoms with Crippen LogP contribution in [0.25, 0.3) is 5.57 Å². The second-order valence-corrected chi connectivity index (χ2v) is 7.17. The van der Waals surface area contributed by atoms with Crippen LogP contribution in [0.15, 0.2) is 21.8 Å². The molecule has 0 aliphatic carbocycles. The van der Waals surface area contributed by atoms with E-state index in [1.807, 2.05) is 0 Å². The van der Waals surface area contributed by atoms with E-state index in [2.05, 4.69) is 68.5 Å². The third-order valence-corrected chi connectivity index (χ3v) is 5.30. The highest BCUT2D eigenvalue weighted by Crippen LogP contribution is 2.29. The SMILES string of the molecule is CCCCCCCC/C(I)=C(/C)c1cc(C)ccc1C.